The summed E-state index contributed by atoms with van der Waals surface area (Å²) in [6.07, 6.45) is 1.52. The molecule has 1 aliphatic rings. The van der Waals surface area contributed by atoms with Gasteiger partial charge in [-0.05, 0) is 28.4 Å². The lowest BCUT2D eigenvalue weighted by atomic mass is 10.4. The average Bonchev–Trinajstić information content (AvgIpc) is 2.65. The van der Waals surface area contributed by atoms with Gasteiger partial charge in [-0.25, -0.2) is 21.8 Å². The molecular formula is C9H10BrClN2O4S2. The third-order valence-electron chi connectivity index (χ3n) is 2.69. The Kier molecular flexibility index (Phi) is 4.10. The number of nitrogens with one attached hydrogen (secondary N) is 1. The fraction of sp³-hybridized carbons (Fsp3) is 0.444. The molecule has 6 nitrogen and oxygen atoms in total. The van der Waals surface area contributed by atoms with E-state index in [2.05, 4.69) is 25.6 Å². The second-order valence-corrected chi connectivity index (χ2v) is 9.63. The first-order valence-electron chi connectivity index (χ1n) is 5.23. The SMILES string of the molecule is O=S1(=O)CCC(S(=O)(=O)Nc2cc(Br)cnc2Cl)C1. The third-order valence-corrected chi connectivity index (χ3v) is 7.19. The molecular weight excluding hydrogens is 380 g/mol. The molecule has 0 saturated carbocycles. The first kappa shape index (κ1) is 15.0. The normalized spacial score (nSPS) is 22.3. The number of sulfonamides is 1. The molecule has 1 N–H and O–H groups in total. The van der Waals surface area contributed by atoms with Crippen molar-refractivity contribution >= 4 is 53.1 Å². The molecule has 0 bridgehead atoms. The smallest absolute Gasteiger partial charge is 0.236 e. The van der Waals surface area contributed by atoms with Gasteiger partial charge in [0.25, 0.3) is 0 Å². The molecule has 0 aliphatic carbocycles. The van der Waals surface area contributed by atoms with Crippen molar-refractivity contribution in [1.82, 2.24) is 4.98 Å². The molecule has 1 saturated heterocycles. The minimum atomic E-state index is -3.80. The van der Waals surface area contributed by atoms with Crippen LogP contribution in [0, 0.1) is 0 Å². The van der Waals surface area contributed by atoms with Gasteiger partial charge in [0, 0.05) is 10.7 Å². The highest BCUT2D eigenvalue weighted by molar-refractivity contribution is 9.10. The van der Waals surface area contributed by atoms with Crippen molar-refractivity contribution in [3.05, 3.63) is 21.9 Å². The molecule has 0 radical (unpaired) electrons. The Labute approximate surface area is 124 Å². The fourth-order valence-electron chi connectivity index (χ4n) is 1.74. The summed E-state index contributed by atoms with van der Waals surface area (Å²) in [6.45, 7) is 0. The van der Waals surface area contributed by atoms with E-state index in [9.17, 15) is 16.8 Å². The van der Waals surface area contributed by atoms with E-state index in [4.69, 9.17) is 11.6 Å². The number of aromatic nitrogens is 1. The van der Waals surface area contributed by atoms with E-state index < -0.39 is 25.1 Å². The lowest BCUT2D eigenvalue weighted by molar-refractivity contribution is 0.587. The molecule has 0 amide bonds. The molecule has 2 heterocycles. The molecule has 106 valence electrons. The molecule has 1 aliphatic heterocycles. The van der Waals surface area contributed by atoms with Crippen molar-refractivity contribution in [2.45, 2.75) is 11.7 Å². The maximum atomic E-state index is 12.1. The average molecular weight is 390 g/mol. The van der Waals surface area contributed by atoms with Crippen molar-refractivity contribution in [2.75, 3.05) is 16.2 Å². The summed E-state index contributed by atoms with van der Waals surface area (Å²) in [4.78, 5) is 3.79. The highest BCUT2D eigenvalue weighted by atomic mass is 79.9. The second kappa shape index (κ2) is 5.19. The summed E-state index contributed by atoms with van der Waals surface area (Å²) >= 11 is 8.94. The van der Waals surface area contributed by atoms with Crippen LogP contribution in [0.1, 0.15) is 6.42 Å². The van der Waals surface area contributed by atoms with Gasteiger partial charge in [0.2, 0.25) is 10.0 Å². The van der Waals surface area contributed by atoms with Crippen molar-refractivity contribution in [2.24, 2.45) is 0 Å². The number of rotatable bonds is 3. The zero-order valence-corrected chi connectivity index (χ0v) is 13.5. The number of halogens is 2. The molecule has 1 unspecified atom stereocenters. The van der Waals surface area contributed by atoms with Gasteiger partial charge >= 0.3 is 0 Å². The summed E-state index contributed by atoms with van der Waals surface area (Å²) < 4.78 is 49.7. The van der Waals surface area contributed by atoms with Gasteiger partial charge < -0.3 is 0 Å². The van der Waals surface area contributed by atoms with Crippen LogP contribution in [0.5, 0.6) is 0 Å². The van der Waals surface area contributed by atoms with Gasteiger partial charge in [-0.1, -0.05) is 11.6 Å². The monoisotopic (exact) mass is 388 g/mol. The summed E-state index contributed by atoms with van der Waals surface area (Å²) in [5.41, 5.74) is 0.125. The Bertz CT molecular complexity index is 705. The van der Waals surface area contributed by atoms with Gasteiger partial charge in [-0.3, -0.25) is 4.72 Å². The van der Waals surface area contributed by atoms with Crippen molar-refractivity contribution in [3.63, 3.8) is 0 Å². The number of hydrogen-bond acceptors (Lipinski definition) is 5. The Morgan fingerprint density at radius 3 is 2.74 bits per heavy atom. The maximum Gasteiger partial charge on any atom is 0.236 e. The van der Waals surface area contributed by atoms with Crippen LogP contribution in [-0.2, 0) is 19.9 Å². The first-order valence-corrected chi connectivity index (χ1v) is 9.76. The maximum absolute atomic E-state index is 12.1. The molecule has 2 rings (SSSR count). The van der Waals surface area contributed by atoms with E-state index in [0.29, 0.717) is 4.47 Å². The van der Waals surface area contributed by atoms with Crippen LogP contribution in [0.3, 0.4) is 0 Å². The summed E-state index contributed by atoms with van der Waals surface area (Å²) in [7, 11) is -7.06. The second-order valence-electron chi connectivity index (χ2n) is 4.16. The Hall–Kier alpha value is -0.380. The van der Waals surface area contributed by atoms with Crippen LogP contribution in [0.15, 0.2) is 16.7 Å². The first-order chi connectivity index (χ1) is 8.70. The quantitative estimate of drug-likeness (QED) is 0.789. The van der Waals surface area contributed by atoms with Crippen molar-refractivity contribution in [3.8, 4) is 0 Å². The Balaban J connectivity index is 2.25. The highest BCUT2D eigenvalue weighted by Crippen LogP contribution is 2.27. The Morgan fingerprint density at radius 2 is 2.16 bits per heavy atom. The third kappa shape index (κ3) is 3.59. The summed E-state index contributed by atoms with van der Waals surface area (Å²) in [5.74, 6) is -0.468. The Morgan fingerprint density at radius 1 is 1.47 bits per heavy atom. The zero-order valence-electron chi connectivity index (χ0n) is 9.51. The van der Waals surface area contributed by atoms with Crippen molar-refractivity contribution in [1.29, 1.82) is 0 Å². The molecule has 1 aromatic heterocycles. The molecule has 1 atom stereocenters. The zero-order chi connectivity index (χ0) is 14.3. The molecule has 0 aromatic carbocycles. The topological polar surface area (TPSA) is 93.2 Å². The van der Waals surface area contributed by atoms with Gasteiger partial charge in [0.05, 0.1) is 22.4 Å². The number of nitrogens with zero attached hydrogens (tertiary/aromatic N) is 1. The molecule has 1 aromatic rings. The number of hydrogen-bond donors (Lipinski definition) is 1. The van der Waals surface area contributed by atoms with Gasteiger partial charge in [-0.15, -0.1) is 0 Å². The van der Waals surface area contributed by atoms with Gasteiger partial charge in [0.15, 0.2) is 15.0 Å². The standard InChI is InChI=1S/C9H10BrClN2O4S2/c10-6-3-8(9(11)12-4-6)13-19(16,17)7-1-2-18(14,15)5-7/h3-4,7,13H,1-2,5H2. The van der Waals surface area contributed by atoms with E-state index in [1.54, 1.807) is 0 Å². The minimum Gasteiger partial charge on any atom is -0.280 e. The van der Waals surface area contributed by atoms with Crippen LogP contribution in [0.4, 0.5) is 5.69 Å². The molecule has 10 heteroatoms. The number of sulfone groups is 1. The van der Waals surface area contributed by atoms with Crippen LogP contribution in [0.25, 0.3) is 0 Å². The number of pyridine rings is 1. The predicted molar refractivity (Wildman–Crippen MR) is 76.5 cm³/mol. The van der Waals surface area contributed by atoms with Gasteiger partial charge in [-0.2, -0.15) is 0 Å². The predicted octanol–water partition coefficient (Wildman–Crippen LogP) is 1.43. The largest absolute Gasteiger partial charge is 0.280 e. The van der Waals surface area contributed by atoms with E-state index in [-0.39, 0.29) is 28.8 Å². The van der Waals surface area contributed by atoms with E-state index >= 15 is 0 Å². The highest BCUT2D eigenvalue weighted by Gasteiger charge is 2.37. The van der Waals surface area contributed by atoms with Crippen LogP contribution < -0.4 is 4.72 Å². The summed E-state index contributed by atoms with van der Waals surface area (Å²) in [5, 5.41) is -0.944. The summed E-state index contributed by atoms with van der Waals surface area (Å²) in [6, 6.07) is 1.47. The van der Waals surface area contributed by atoms with E-state index in [0.717, 1.165) is 0 Å². The molecule has 1 fully saturated rings. The van der Waals surface area contributed by atoms with E-state index in [1.165, 1.54) is 12.3 Å². The molecule has 0 spiro atoms. The van der Waals surface area contributed by atoms with Crippen molar-refractivity contribution < 1.29 is 16.8 Å². The fourth-order valence-corrected chi connectivity index (χ4v) is 6.36. The minimum absolute atomic E-state index is 0.00706. The van der Waals surface area contributed by atoms with Gasteiger partial charge in [0.1, 0.15) is 0 Å². The number of anilines is 1. The lowest BCUT2D eigenvalue weighted by Crippen LogP contribution is -2.29. The van der Waals surface area contributed by atoms with Crippen LogP contribution >= 0.6 is 27.5 Å². The van der Waals surface area contributed by atoms with E-state index in [1.807, 2.05) is 0 Å². The van der Waals surface area contributed by atoms with Crippen LogP contribution in [0.2, 0.25) is 5.15 Å². The lowest BCUT2D eigenvalue weighted by Gasteiger charge is -2.13. The van der Waals surface area contributed by atoms with Crippen LogP contribution in [-0.4, -0.2) is 38.6 Å². The molecule has 19 heavy (non-hydrogen) atoms.